The zero-order valence-electron chi connectivity index (χ0n) is 6.47. The fourth-order valence-corrected chi connectivity index (χ4v) is 1.63. The summed E-state index contributed by atoms with van der Waals surface area (Å²) in [7, 11) is 1.55. The molecule has 2 nitrogen and oxygen atoms in total. The molecule has 0 aromatic heterocycles. The van der Waals surface area contributed by atoms with Crippen LogP contribution in [0.2, 0.25) is 5.02 Å². The summed E-state index contributed by atoms with van der Waals surface area (Å²) < 4.78 is 5.94. The highest BCUT2D eigenvalue weighted by Crippen LogP contribution is 2.30. The van der Waals surface area contributed by atoms with Gasteiger partial charge in [-0.1, -0.05) is 11.6 Å². The normalized spacial score (nSPS) is 10.0. The Bertz CT molecular complexity index is 289. The van der Waals surface area contributed by atoms with Gasteiger partial charge in [-0.05, 0) is 34.7 Å². The van der Waals surface area contributed by atoms with Gasteiger partial charge in [-0.2, -0.15) is 0 Å². The lowest BCUT2D eigenvalue weighted by Crippen LogP contribution is -1.94. The number of hydrogen-bond acceptors (Lipinski definition) is 2. The molecule has 66 valence electrons. The van der Waals surface area contributed by atoms with E-state index in [0.717, 1.165) is 3.57 Å². The van der Waals surface area contributed by atoms with Gasteiger partial charge in [0.2, 0.25) is 0 Å². The van der Waals surface area contributed by atoms with Crippen molar-refractivity contribution in [3.63, 3.8) is 0 Å². The van der Waals surface area contributed by atoms with Gasteiger partial charge in [0.1, 0.15) is 5.75 Å². The molecule has 0 fully saturated rings. The van der Waals surface area contributed by atoms with Crippen molar-refractivity contribution >= 4 is 34.2 Å². The second kappa shape index (κ2) is 4.30. The molecule has 0 aliphatic rings. The Morgan fingerprint density at radius 3 is 2.75 bits per heavy atom. The van der Waals surface area contributed by atoms with Gasteiger partial charge in [-0.25, -0.2) is 0 Å². The predicted octanol–water partition coefficient (Wildman–Crippen LogP) is 2.45. The van der Waals surface area contributed by atoms with E-state index < -0.39 is 0 Å². The zero-order chi connectivity index (χ0) is 9.14. The van der Waals surface area contributed by atoms with E-state index in [0.29, 0.717) is 16.3 Å². The highest BCUT2D eigenvalue weighted by molar-refractivity contribution is 14.1. The summed E-state index contributed by atoms with van der Waals surface area (Å²) in [5.74, 6) is 0.628. The van der Waals surface area contributed by atoms with Crippen LogP contribution in [0.15, 0.2) is 12.1 Å². The Hall–Kier alpha value is -0.000000000000000132. The Balaban J connectivity index is 3.25. The molecule has 0 saturated heterocycles. The van der Waals surface area contributed by atoms with Gasteiger partial charge in [0.15, 0.2) is 0 Å². The van der Waals surface area contributed by atoms with Crippen LogP contribution in [0.25, 0.3) is 0 Å². The molecule has 0 atom stereocenters. The lowest BCUT2D eigenvalue weighted by atomic mass is 10.2. The molecule has 0 saturated carbocycles. The Morgan fingerprint density at radius 2 is 2.25 bits per heavy atom. The van der Waals surface area contributed by atoms with Crippen LogP contribution in [0.4, 0.5) is 0 Å². The van der Waals surface area contributed by atoms with Crippen LogP contribution in [0.5, 0.6) is 5.75 Å². The van der Waals surface area contributed by atoms with Crippen LogP contribution < -0.4 is 4.74 Å². The van der Waals surface area contributed by atoms with E-state index in [9.17, 15) is 0 Å². The Morgan fingerprint density at radius 1 is 1.58 bits per heavy atom. The third kappa shape index (κ3) is 1.84. The molecule has 0 amide bonds. The number of aliphatic hydroxyl groups excluding tert-OH is 1. The monoisotopic (exact) mass is 298 g/mol. The van der Waals surface area contributed by atoms with Gasteiger partial charge in [0.05, 0.1) is 18.7 Å². The summed E-state index contributed by atoms with van der Waals surface area (Å²) in [6.07, 6.45) is 0. The van der Waals surface area contributed by atoms with Crippen molar-refractivity contribution in [1.82, 2.24) is 0 Å². The molecule has 0 bridgehead atoms. The number of hydrogen-bond donors (Lipinski definition) is 1. The maximum Gasteiger partial charge on any atom is 0.125 e. The third-order valence-electron chi connectivity index (χ3n) is 1.53. The molecular formula is C8H8ClIO2. The highest BCUT2D eigenvalue weighted by atomic mass is 127. The summed E-state index contributed by atoms with van der Waals surface area (Å²) in [6, 6.07) is 3.64. The van der Waals surface area contributed by atoms with Crippen molar-refractivity contribution in [2.75, 3.05) is 7.11 Å². The first-order valence-electron chi connectivity index (χ1n) is 3.32. The van der Waals surface area contributed by atoms with Gasteiger partial charge >= 0.3 is 0 Å². The van der Waals surface area contributed by atoms with Crippen molar-refractivity contribution in [3.05, 3.63) is 26.3 Å². The van der Waals surface area contributed by atoms with E-state index in [2.05, 4.69) is 22.6 Å². The third-order valence-corrected chi connectivity index (χ3v) is 3.18. The van der Waals surface area contributed by atoms with Gasteiger partial charge < -0.3 is 9.84 Å². The molecule has 0 spiro atoms. The van der Waals surface area contributed by atoms with E-state index in [1.807, 2.05) is 6.07 Å². The molecule has 4 heteroatoms. The van der Waals surface area contributed by atoms with Crippen LogP contribution in [0, 0.1) is 3.57 Å². The maximum absolute atomic E-state index is 8.99. The van der Waals surface area contributed by atoms with Crippen LogP contribution in [-0.2, 0) is 6.61 Å². The first-order valence-corrected chi connectivity index (χ1v) is 4.78. The molecule has 0 aliphatic carbocycles. The summed E-state index contributed by atoms with van der Waals surface area (Å²) >= 11 is 8.04. The zero-order valence-corrected chi connectivity index (χ0v) is 9.39. The molecule has 1 aromatic rings. The predicted molar refractivity (Wildman–Crippen MR) is 56.6 cm³/mol. The topological polar surface area (TPSA) is 29.5 Å². The lowest BCUT2D eigenvalue weighted by molar-refractivity contribution is 0.274. The van der Waals surface area contributed by atoms with E-state index in [1.54, 1.807) is 13.2 Å². The molecular weight excluding hydrogens is 290 g/mol. The maximum atomic E-state index is 8.99. The Labute approximate surface area is 89.6 Å². The highest BCUT2D eigenvalue weighted by Gasteiger charge is 2.09. The van der Waals surface area contributed by atoms with E-state index in [-0.39, 0.29) is 6.61 Å². The summed E-state index contributed by atoms with van der Waals surface area (Å²) in [6.45, 7) is -0.0984. The molecule has 12 heavy (non-hydrogen) atoms. The van der Waals surface area contributed by atoms with Gasteiger partial charge in [-0.15, -0.1) is 0 Å². The molecule has 1 rings (SSSR count). The second-order valence-corrected chi connectivity index (χ2v) is 3.74. The van der Waals surface area contributed by atoms with E-state index in [4.69, 9.17) is 21.4 Å². The van der Waals surface area contributed by atoms with Crippen LogP contribution in [0.1, 0.15) is 5.56 Å². The number of ether oxygens (including phenoxy) is 1. The molecule has 1 N–H and O–H groups in total. The minimum Gasteiger partial charge on any atom is -0.496 e. The minimum atomic E-state index is -0.0984. The molecule has 0 radical (unpaired) electrons. The largest absolute Gasteiger partial charge is 0.496 e. The standard InChI is InChI=1S/C8H8ClIO2/c1-12-7-3-2-6(10)8(9)5(7)4-11/h2-3,11H,4H2,1H3. The average Bonchev–Trinajstić information content (AvgIpc) is 2.09. The molecule has 1 aromatic carbocycles. The molecule has 0 heterocycles. The molecule has 0 unspecified atom stereocenters. The van der Waals surface area contributed by atoms with Gasteiger partial charge in [-0.3, -0.25) is 0 Å². The first kappa shape index (κ1) is 10.1. The van der Waals surface area contributed by atoms with Crippen LogP contribution >= 0.6 is 34.2 Å². The van der Waals surface area contributed by atoms with Crippen LogP contribution in [-0.4, -0.2) is 12.2 Å². The van der Waals surface area contributed by atoms with E-state index in [1.165, 1.54) is 0 Å². The molecule has 0 aliphatic heterocycles. The van der Waals surface area contributed by atoms with Crippen LogP contribution in [0.3, 0.4) is 0 Å². The van der Waals surface area contributed by atoms with Crippen molar-refractivity contribution in [1.29, 1.82) is 0 Å². The quantitative estimate of drug-likeness (QED) is 0.850. The minimum absolute atomic E-state index is 0.0984. The summed E-state index contributed by atoms with van der Waals surface area (Å²) in [5.41, 5.74) is 0.645. The summed E-state index contributed by atoms with van der Waals surface area (Å²) in [5, 5.41) is 9.55. The number of benzene rings is 1. The average molecular weight is 299 g/mol. The van der Waals surface area contributed by atoms with Gasteiger partial charge in [0.25, 0.3) is 0 Å². The van der Waals surface area contributed by atoms with Gasteiger partial charge in [0, 0.05) is 9.13 Å². The smallest absolute Gasteiger partial charge is 0.125 e. The lowest BCUT2D eigenvalue weighted by Gasteiger charge is -2.08. The number of methoxy groups -OCH3 is 1. The second-order valence-electron chi connectivity index (χ2n) is 2.20. The van der Waals surface area contributed by atoms with Crippen molar-refractivity contribution in [2.45, 2.75) is 6.61 Å². The first-order chi connectivity index (χ1) is 5.70. The Kier molecular flexibility index (Phi) is 3.61. The van der Waals surface area contributed by atoms with Crippen molar-refractivity contribution in [3.8, 4) is 5.75 Å². The van der Waals surface area contributed by atoms with E-state index >= 15 is 0 Å². The fraction of sp³-hybridized carbons (Fsp3) is 0.250. The number of rotatable bonds is 2. The number of aliphatic hydroxyl groups is 1. The van der Waals surface area contributed by atoms with Crippen molar-refractivity contribution in [2.24, 2.45) is 0 Å². The van der Waals surface area contributed by atoms with Crippen molar-refractivity contribution < 1.29 is 9.84 Å². The number of halogens is 2. The fourth-order valence-electron chi connectivity index (χ4n) is 0.913. The summed E-state index contributed by atoms with van der Waals surface area (Å²) in [4.78, 5) is 0. The SMILES string of the molecule is COc1ccc(I)c(Cl)c1CO.